The number of aliphatic hydroxyl groups excluding tert-OH is 1. The molecular weight excluding hydrogens is 142 g/mol. The molecule has 0 radical (unpaired) electrons. The predicted molar refractivity (Wildman–Crippen MR) is 40.0 cm³/mol. The average molecular weight is 153 g/mol. The summed E-state index contributed by atoms with van der Waals surface area (Å²) in [6.45, 7) is 1.82. The molecule has 1 fully saturated rings. The molecule has 1 aliphatic heterocycles. The SMILES string of the molecule is OC(c1ccoc1)C1CNC1. The van der Waals surface area contributed by atoms with Gasteiger partial charge in [0.05, 0.1) is 18.6 Å². The molecule has 0 bridgehead atoms. The van der Waals surface area contributed by atoms with Crippen molar-refractivity contribution in [3.8, 4) is 0 Å². The Kier molecular flexibility index (Phi) is 1.68. The quantitative estimate of drug-likeness (QED) is 0.651. The normalized spacial score (nSPS) is 21.2. The van der Waals surface area contributed by atoms with Crippen molar-refractivity contribution in [2.75, 3.05) is 13.1 Å². The first-order valence-corrected chi connectivity index (χ1v) is 3.79. The van der Waals surface area contributed by atoms with Crippen molar-refractivity contribution in [1.29, 1.82) is 0 Å². The van der Waals surface area contributed by atoms with E-state index in [1.54, 1.807) is 12.5 Å². The molecule has 1 aliphatic rings. The molecule has 11 heavy (non-hydrogen) atoms. The molecule has 0 aromatic carbocycles. The number of hydrogen-bond acceptors (Lipinski definition) is 3. The first-order chi connectivity index (χ1) is 5.38. The van der Waals surface area contributed by atoms with Crippen LogP contribution in [0.3, 0.4) is 0 Å². The van der Waals surface area contributed by atoms with Gasteiger partial charge >= 0.3 is 0 Å². The molecule has 0 saturated carbocycles. The minimum atomic E-state index is -0.352. The van der Waals surface area contributed by atoms with E-state index in [4.69, 9.17) is 4.42 Å². The summed E-state index contributed by atoms with van der Waals surface area (Å²) in [6.07, 6.45) is 2.84. The number of aliphatic hydroxyl groups is 1. The van der Waals surface area contributed by atoms with E-state index in [0.29, 0.717) is 5.92 Å². The molecule has 1 aromatic rings. The van der Waals surface area contributed by atoms with Crippen LogP contribution in [0.2, 0.25) is 0 Å². The molecule has 2 rings (SSSR count). The molecule has 0 spiro atoms. The predicted octanol–water partition coefficient (Wildman–Crippen LogP) is 0.532. The van der Waals surface area contributed by atoms with E-state index in [2.05, 4.69) is 5.32 Å². The van der Waals surface area contributed by atoms with Gasteiger partial charge in [0.2, 0.25) is 0 Å². The second-order valence-corrected chi connectivity index (χ2v) is 2.92. The summed E-state index contributed by atoms with van der Waals surface area (Å²) in [5.74, 6) is 0.368. The van der Waals surface area contributed by atoms with Gasteiger partial charge in [0.25, 0.3) is 0 Å². The molecule has 0 aliphatic carbocycles. The number of rotatable bonds is 2. The Balaban J connectivity index is 2.04. The van der Waals surface area contributed by atoms with Crippen LogP contribution in [-0.4, -0.2) is 18.2 Å². The van der Waals surface area contributed by atoms with Crippen LogP contribution < -0.4 is 5.32 Å². The highest BCUT2D eigenvalue weighted by Gasteiger charge is 2.26. The average Bonchev–Trinajstić information content (AvgIpc) is 2.32. The minimum absolute atomic E-state index is 0.352. The number of furan rings is 1. The van der Waals surface area contributed by atoms with Gasteiger partial charge < -0.3 is 14.8 Å². The highest BCUT2D eigenvalue weighted by molar-refractivity contribution is 5.11. The summed E-state index contributed by atoms with van der Waals surface area (Å²) in [5, 5.41) is 12.7. The van der Waals surface area contributed by atoms with Crippen LogP contribution in [0.25, 0.3) is 0 Å². The Labute approximate surface area is 65.0 Å². The van der Waals surface area contributed by atoms with E-state index in [9.17, 15) is 5.11 Å². The number of nitrogens with one attached hydrogen (secondary N) is 1. The lowest BCUT2D eigenvalue weighted by Gasteiger charge is -2.30. The molecule has 1 saturated heterocycles. The third kappa shape index (κ3) is 1.17. The van der Waals surface area contributed by atoms with Crippen LogP contribution in [0.15, 0.2) is 23.0 Å². The van der Waals surface area contributed by atoms with Crippen molar-refractivity contribution >= 4 is 0 Å². The molecule has 1 aromatic heterocycles. The van der Waals surface area contributed by atoms with E-state index >= 15 is 0 Å². The summed E-state index contributed by atoms with van der Waals surface area (Å²) < 4.78 is 4.87. The van der Waals surface area contributed by atoms with Crippen molar-refractivity contribution in [2.45, 2.75) is 6.10 Å². The van der Waals surface area contributed by atoms with Gasteiger partial charge in [-0.3, -0.25) is 0 Å². The van der Waals surface area contributed by atoms with Gasteiger partial charge in [-0.25, -0.2) is 0 Å². The fourth-order valence-corrected chi connectivity index (χ4v) is 1.25. The Morgan fingerprint density at radius 1 is 1.64 bits per heavy atom. The van der Waals surface area contributed by atoms with Crippen LogP contribution in [0.1, 0.15) is 11.7 Å². The maximum absolute atomic E-state index is 9.63. The molecule has 0 amide bonds. The minimum Gasteiger partial charge on any atom is -0.472 e. The second-order valence-electron chi connectivity index (χ2n) is 2.92. The summed E-state index contributed by atoms with van der Waals surface area (Å²) in [5.41, 5.74) is 0.886. The van der Waals surface area contributed by atoms with Gasteiger partial charge in [0, 0.05) is 24.6 Å². The molecular formula is C8H11NO2. The zero-order valence-corrected chi connectivity index (χ0v) is 6.16. The van der Waals surface area contributed by atoms with Crippen molar-refractivity contribution in [2.24, 2.45) is 5.92 Å². The molecule has 1 unspecified atom stereocenters. The Morgan fingerprint density at radius 2 is 2.45 bits per heavy atom. The summed E-state index contributed by atoms with van der Waals surface area (Å²) >= 11 is 0. The van der Waals surface area contributed by atoms with E-state index in [1.807, 2.05) is 6.07 Å². The highest BCUT2D eigenvalue weighted by Crippen LogP contribution is 2.24. The summed E-state index contributed by atoms with van der Waals surface area (Å²) in [4.78, 5) is 0. The standard InChI is InChI=1S/C8H11NO2/c10-8(7-3-9-4-7)6-1-2-11-5-6/h1-2,5,7-10H,3-4H2. The van der Waals surface area contributed by atoms with Crippen LogP contribution in [0, 0.1) is 5.92 Å². The van der Waals surface area contributed by atoms with Crippen LogP contribution in [0.4, 0.5) is 0 Å². The Bertz CT molecular complexity index is 216. The highest BCUT2D eigenvalue weighted by atomic mass is 16.3. The van der Waals surface area contributed by atoms with Crippen LogP contribution in [0.5, 0.6) is 0 Å². The van der Waals surface area contributed by atoms with Gasteiger partial charge in [-0.1, -0.05) is 0 Å². The topological polar surface area (TPSA) is 45.4 Å². The number of hydrogen-bond donors (Lipinski definition) is 2. The third-order valence-corrected chi connectivity index (χ3v) is 2.14. The van der Waals surface area contributed by atoms with Crippen molar-refractivity contribution in [3.63, 3.8) is 0 Å². The largest absolute Gasteiger partial charge is 0.472 e. The first kappa shape index (κ1) is 6.88. The molecule has 60 valence electrons. The van der Waals surface area contributed by atoms with E-state index in [0.717, 1.165) is 18.7 Å². The maximum atomic E-state index is 9.63. The van der Waals surface area contributed by atoms with E-state index in [1.165, 1.54) is 0 Å². The zero-order chi connectivity index (χ0) is 7.68. The van der Waals surface area contributed by atoms with Crippen molar-refractivity contribution < 1.29 is 9.52 Å². The summed E-state index contributed by atoms with van der Waals surface area (Å²) in [6, 6.07) is 1.81. The lowest BCUT2D eigenvalue weighted by molar-refractivity contribution is 0.0762. The Morgan fingerprint density at radius 3 is 2.91 bits per heavy atom. The van der Waals surface area contributed by atoms with Gasteiger partial charge in [0.15, 0.2) is 0 Å². The van der Waals surface area contributed by atoms with Crippen LogP contribution in [-0.2, 0) is 0 Å². The summed E-state index contributed by atoms with van der Waals surface area (Å²) in [7, 11) is 0. The van der Waals surface area contributed by atoms with Crippen LogP contribution >= 0.6 is 0 Å². The molecule has 2 N–H and O–H groups in total. The molecule has 2 heterocycles. The van der Waals surface area contributed by atoms with Gasteiger partial charge in [-0.15, -0.1) is 0 Å². The molecule has 3 heteroatoms. The zero-order valence-electron chi connectivity index (χ0n) is 6.16. The fraction of sp³-hybridized carbons (Fsp3) is 0.500. The van der Waals surface area contributed by atoms with Gasteiger partial charge in [-0.05, 0) is 6.07 Å². The lowest BCUT2D eigenvalue weighted by Crippen LogP contribution is -2.45. The van der Waals surface area contributed by atoms with E-state index in [-0.39, 0.29) is 6.10 Å². The van der Waals surface area contributed by atoms with Crippen molar-refractivity contribution in [3.05, 3.63) is 24.2 Å². The smallest absolute Gasteiger partial charge is 0.0960 e. The first-order valence-electron chi connectivity index (χ1n) is 3.79. The van der Waals surface area contributed by atoms with Crippen molar-refractivity contribution in [1.82, 2.24) is 5.32 Å². The molecule has 1 atom stereocenters. The fourth-order valence-electron chi connectivity index (χ4n) is 1.25. The lowest BCUT2D eigenvalue weighted by atomic mass is 9.93. The maximum Gasteiger partial charge on any atom is 0.0960 e. The van der Waals surface area contributed by atoms with Gasteiger partial charge in [0.1, 0.15) is 0 Å². The third-order valence-electron chi connectivity index (χ3n) is 2.14. The Hall–Kier alpha value is -0.800. The molecule has 3 nitrogen and oxygen atoms in total. The van der Waals surface area contributed by atoms with E-state index < -0.39 is 0 Å². The second kappa shape index (κ2) is 2.68. The van der Waals surface area contributed by atoms with Gasteiger partial charge in [-0.2, -0.15) is 0 Å². The monoisotopic (exact) mass is 153 g/mol.